The lowest BCUT2D eigenvalue weighted by Crippen LogP contribution is -2.52. The van der Waals surface area contributed by atoms with Gasteiger partial charge in [0, 0.05) is 6.04 Å². The van der Waals surface area contributed by atoms with E-state index in [1.54, 1.807) is 0 Å². The molecule has 1 fully saturated rings. The molecule has 1 aliphatic carbocycles. The number of carbonyl (C=O) groups excluding carboxylic acids is 1. The average Bonchev–Trinajstić information content (AvgIpc) is 2.09. The summed E-state index contributed by atoms with van der Waals surface area (Å²) in [4.78, 5) is 11.2. The molecule has 0 aromatic heterocycles. The summed E-state index contributed by atoms with van der Waals surface area (Å²) >= 11 is 0. The molecule has 0 aliphatic heterocycles. The van der Waals surface area contributed by atoms with E-state index in [9.17, 15) is 4.79 Å². The Kier molecular flexibility index (Phi) is 2.69. The van der Waals surface area contributed by atoms with Gasteiger partial charge in [-0.1, -0.05) is 0 Å². The Bertz CT molecular complexity index is 174. The zero-order valence-electron chi connectivity index (χ0n) is 7.38. The molecular weight excluding hydrogens is 156 g/mol. The topological polar surface area (TPSA) is 78.3 Å². The predicted molar refractivity (Wildman–Crippen MR) is 45.4 cm³/mol. The van der Waals surface area contributed by atoms with Crippen LogP contribution in [0.5, 0.6) is 0 Å². The minimum Gasteiger partial charge on any atom is -0.468 e. The number of hydrogen-bond donors (Lipinski definition) is 2. The Morgan fingerprint density at radius 2 is 2.00 bits per heavy atom. The van der Waals surface area contributed by atoms with Gasteiger partial charge in [0.2, 0.25) is 0 Å². The molecule has 12 heavy (non-hydrogen) atoms. The van der Waals surface area contributed by atoms with E-state index in [1.807, 2.05) is 0 Å². The van der Waals surface area contributed by atoms with E-state index >= 15 is 0 Å². The van der Waals surface area contributed by atoms with Crippen LogP contribution >= 0.6 is 0 Å². The molecule has 1 aliphatic rings. The largest absolute Gasteiger partial charge is 0.468 e. The molecule has 0 radical (unpaired) electrons. The maximum Gasteiger partial charge on any atom is 0.325 e. The summed E-state index contributed by atoms with van der Waals surface area (Å²) in [6.45, 7) is 0. The van der Waals surface area contributed by atoms with E-state index < -0.39 is 5.54 Å². The minimum atomic E-state index is -0.773. The quantitative estimate of drug-likeness (QED) is 0.535. The van der Waals surface area contributed by atoms with Gasteiger partial charge in [-0.05, 0) is 25.7 Å². The SMILES string of the molecule is COC(=O)C1(N)CCC(N)CC1. The van der Waals surface area contributed by atoms with Gasteiger partial charge in [-0.2, -0.15) is 0 Å². The molecule has 4 N–H and O–H groups in total. The first kappa shape index (κ1) is 9.48. The molecule has 4 nitrogen and oxygen atoms in total. The summed E-state index contributed by atoms with van der Waals surface area (Å²) in [6.07, 6.45) is 2.90. The average molecular weight is 172 g/mol. The number of rotatable bonds is 1. The van der Waals surface area contributed by atoms with Gasteiger partial charge in [-0.15, -0.1) is 0 Å². The van der Waals surface area contributed by atoms with Crippen LogP contribution in [-0.2, 0) is 9.53 Å². The van der Waals surface area contributed by atoms with Crippen molar-refractivity contribution in [3.63, 3.8) is 0 Å². The lowest BCUT2D eigenvalue weighted by molar-refractivity contribution is -0.148. The Morgan fingerprint density at radius 3 is 2.42 bits per heavy atom. The summed E-state index contributed by atoms with van der Waals surface area (Å²) in [5.74, 6) is -0.311. The van der Waals surface area contributed by atoms with E-state index in [4.69, 9.17) is 11.5 Å². The Balaban J connectivity index is 2.55. The number of carbonyl (C=O) groups is 1. The Labute approximate surface area is 72.2 Å². The van der Waals surface area contributed by atoms with Crippen molar-refractivity contribution in [2.45, 2.75) is 37.3 Å². The first-order valence-corrected chi connectivity index (χ1v) is 4.21. The third-order valence-corrected chi connectivity index (χ3v) is 2.51. The normalized spacial score (nSPS) is 36.1. The van der Waals surface area contributed by atoms with Gasteiger partial charge in [0.15, 0.2) is 0 Å². The molecule has 0 unspecified atom stereocenters. The van der Waals surface area contributed by atoms with Gasteiger partial charge in [0.25, 0.3) is 0 Å². The second kappa shape index (κ2) is 3.41. The van der Waals surface area contributed by atoms with Crippen LogP contribution in [-0.4, -0.2) is 24.7 Å². The summed E-state index contributed by atoms with van der Waals surface area (Å²) in [5, 5.41) is 0. The van der Waals surface area contributed by atoms with Crippen LogP contribution in [0.15, 0.2) is 0 Å². The van der Waals surface area contributed by atoms with Crippen LogP contribution in [0.3, 0.4) is 0 Å². The van der Waals surface area contributed by atoms with Crippen LogP contribution in [0.4, 0.5) is 0 Å². The first-order chi connectivity index (χ1) is 5.58. The van der Waals surface area contributed by atoms with Crippen LogP contribution in [0.2, 0.25) is 0 Å². The van der Waals surface area contributed by atoms with Crippen molar-refractivity contribution in [1.29, 1.82) is 0 Å². The van der Waals surface area contributed by atoms with E-state index in [0.29, 0.717) is 12.8 Å². The van der Waals surface area contributed by atoms with E-state index in [2.05, 4.69) is 4.74 Å². The van der Waals surface area contributed by atoms with Crippen molar-refractivity contribution < 1.29 is 9.53 Å². The molecule has 1 saturated carbocycles. The third kappa shape index (κ3) is 1.76. The highest BCUT2D eigenvalue weighted by Crippen LogP contribution is 2.26. The molecule has 70 valence electrons. The Hall–Kier alpha value is -0.610. The number of ether oxygens (including phenoxy) is 1. The monoisotopic (exact) mass is 172 g/mol. The molecule has 0 aromatic carbocycles. The van der Waals surface area contributed by atoms with E-state index in [-0.39, 0.29) is 12.0 Å². The molecule has 0 saturated heterocycles. The van der Waals surface area contributed by atoms with Gasteiger partial charge >= 0.3 is 5.97 Å². The minimum absolute atomic E-state index is 0.200. The zero-order chi connectivity index (χ0) is 9.19. The number of esters is 1. The highest BCUT2D eigenvalue weighted by Gasteiger charge is 2.38. The van der Waals surface area contributed by atoms with E-state index in [0.717, 1.165) is 12.8 Å². The van der Waals surface area contributed by atoms with E-state index in [1.165, 1.54) is 7.11 Å². The highest BCUT2D eigenvalue weighted by atomic mass is 16.5. The predicted octanol–water partition coefficient (Wildman–Crippen LogP) is -0.242. The number of hydrogen-bond acceptors (Lipinski definition) is 4. The van der Waals surface area contributed by atoms with Gasteiger partial charge in [-0.25, -0.2) is 0 Å². The smallest absolute Gasteiger partial charge is 0.325 e. The van der Waals surface area contributed by atoms with Gasteiger partial charge in [0.05, 0.1) is 7.11 Å². The molecular formula is C8H16N2O2. The molecule has 0 bridgehead atoms. The Morgan fingerprint density at radius 1 is 1.50 bits per heavy atom. The summed E-state index contributed by atoms with van der Waals surface area (Å²) in [7, 11) is 1.37. The fourth-order valence-electron chi connectivity index (χ4n) is 1.56. The molecule has 1 rings (SSSR count). The standard InChI is InChI=1S/C8H16N2O2/c1-12-7(11)8(10)4-2-6(9)3-5-8/h6H,2-5,9-10H2,1H3. The van der Waals surface area contributed by atoms with Crippen LogP contribution in [0.25, 0.3) is 0 Å². The van der Waals surface area contributed by atoms with Gasteiger partial charge in [0.1, 0.15) is 5.54 Å². The van der Waals surface area contributed by atoms with Gasteiger partial charge in [-0.3, -0.25) is 4.79 Å². The van der Waals surface area contributed by atoms with Crippen LogP contribution in [0, 0.1) is 0 Å². The summed E-state index contributed by atoms with van der Waals surface area (Å²) < 4.78 is 4.62. The van der Waals surface area contributed by atoms with Crippen molar-refractivity contribution in [1.82, 2.24) is 0 Å². The van der Waals surface area contributed by atoms with Crippen LogP contribution in [0.1, 0.15) is 25.7 Å². The van der Waals surface area contributed by atoms with Gasteiger partial charge < -0.3 is 16.2 Å². The van der Waals surface area contributed by atoms with Crippen molar-refractivity contribution in [2.75, 3.05) is 7.11 Å². The second-order valence-corrected chi connectivity index (χ2v) is 3.49. The van der Waals surface area contributed by atoms with Crippen molar-refractivity contribution >= 4 is 5.97 Å². The molecule has 4 heteroatoms. The molecule has 0 aromatic rings. The number of methoxy groups -OCH3 is 1. The molecule has 0 atom stereocenters. The molecule has 0 heterocycles. The lowest BCUT2D eigenvalue weighted by Gasteiger charge is -2.33. The molecule has 0 spiro atoms. The maximum atomic E-state index is 11.2. The highest BCUT2D eigenvalue weighted by molar-refractivity contribution is 5.80. The maximum absolute atomic E-state index is 11.2. The van der Waals surface area contributed by atoms with Crippen molar-refractivity contribution in [2.24, 2.45) is 11.5 Å². The fourth-order valence-corrected chi connectivity index (χ4v) is 1.56. The molecule has 0 amide bonds. The van der Waals surface area contributed by atoms with Crippen molar-refractivity contribution in [3.8, 4) is 0 Å². The number of nitrogens with two attached hydrogens (primary N) is 2. The van der Waals surface area contributed by atoms with Crippen LogP contribution < -0.4 is 11.5 Å². The first-order valence-electron chi connectivity index (χ1n) is 4.21. The zero-order valence-corrected chi connectivity index (χ0v) is 7.38. The lowest BCUT2D eigenvalue weighted by atomic mass is 9.80. The second-order valence-electron chi connectivity index (χ2n) is 3.49. The van der Waals surface area contributed by atoms with Crippen molar-refractivity contribution in [3.05, 3.63) is 0 Å². The fraction of sp³-hybridized carbons (Fsp3) is 0.875. The summed E-state index contributed by atoms with van der Waals surface area (Å²) in [5.41, 5.74) is 10.8. The third-order valence-electron chi connectivity index (χ3n) is 2.51. The summed E-state index contributed by atoms with van der Waals surface area (Å²) in [6, 6.07) is 0.200.